The largest absolute Gasteiger partial charge is 0.396 e. The van der Waals surface area contributed by atoms with Crippen molar-refractivity contribution in [3.05, 3.63) is 40.8 Å². The molecule has 0 saturated heterocycles. The minimum atomic E-state index is 0.217. The Hall–Kier alpha value is -1.17. The number of nitrogens with zero attached hydrogens (tertiary/aromatic N) is 1. The molecule has 0 atom stereocenters. The molecule has 96 valence electrons. The number of aromatic amines is 1. The Kier molecular flexibility index (Phi) is 4.92. The second-order valence-corrected chi connectivity index (χ2v) is 4.92. The number of halogens is 1. The Morgan fingerprint density at radius 1 is 1.39 bits per heavy atom. The van der Waals surface area contributed by atoms with E-state index < -0.39 is 0 Å². The molecule has 0 unspecified atom stereocenters. The van der Waals surface area contributed by atoms with E-state index in [2.05, 4.69) is 37.3 Å². The average Bonchev–Trinajstić information content (AvgIpc) is 2.83. The summed E-state index contributed by atoms with van der Waals surface area (Å²) in [4.78, 5) is 7.60. The second kappa shape index (κ2) is 6.68. The zero-order valence-corrected chi connectivity index (χ0v) is 11.6. The minimum absolute atomic E-state index is 0.217. The summed E-state index contributed by atoms with van der Waals surface area (Å²) in [6.07, 6.45) is 2.60. The molecule has 0 aliphatic heterocycles. The molecule has 0 amide bonds. The molecule has 1 aromatic carbocycles. The number of hydrogen-bond acceptors (Lipinski definition) is 3. The smallest absolute Gasteiger partial charge is 0.120 e. The molecule has 0 saturated carbocycles. The van der Waals surface area contributed by atoms with Crippen LogP contribution >= 0.6 is 15.9 Å². The van der Waals surface area contributed by atoms with Gasteiger partial charge in [0.15, 0.2) is 0 Å². The van der Waals surface area contributed by atoms with Gasteiger partial charge >= 0.3 is 0 Å². The minimum Gasteiger partial charge on any atom is -0.396 e. The van der Waals surface area contributed by atoms with Gasteiger partial charge in [-0.25, -0.2) is 4.98 Å². The third-order valence-corrected chi connectivity index (χ3v) is 3.06. The molecule has 1 aromatic heterocycles. The lowest BCUT2D eigenvalue weighted by molar-refractivity contribution is 0.286. The van der Waals surface area contributed by atoms with Gasteiger partial charge in [0.2, 0.25) is 0 Å². The number of H-pyrrole nitrogens is 1. The summed E-state index contributed by atoms with van der Waals surface area (Å²) in [5, 5.41) is 11.9. The molecule has 0 aliphatic rings. The van der Waals surface area contributed by atoms with Crippen LogP contribution in [0.4, 0.5) is 0 Å². The highest BCUT2D eigenvalue weighted by atomic mass is 79.9. The number of rotatable bonds is 6. The maximum absolute atomic E-state index is 8.67. The standard InChI is InChI=1S/C13H16BrN3O/c14-11-4-1-3-10(7-11)12-8-16-13(17-12)9-15-5-2-6-18/h1,3-4,7-8,15,18H,2,5-6,9H2,(H,16,17). The number of imidazole rings is 1. The quantitative estimate of drug-likeness (QED) is 0.718. The van der Waals surface area contributed by atoms with E-state index in [9.17, 15) is 0 Å². The third-order valence-electron chi connectivity index (χ3n) is 2.57. The van der Waals surface area contributed by atoms with E-state index in [1.165, 1.54) is 0 Å². The summed E-state index contributed by atoms with van der Waals surface area (Å²) in [5.74, 6) is 0.905. The highest BCUT2D eigenvalue weighted by molar-refractivity contribution is 9.10. The number of aliphatic hydroxyl groups excluding tert-OH is 1. The molecule has 4 nitrogen and oxygen atoms in total. The third kappa shape index (κ3) is 3.66. The molecule has 5 heteroatoms. The first-order chi connectivity index (χ1) is 8.79. The highest BCUT2D eigenvalue weighted by Gasteiger charge is 2.03. The molecule has 2 aromatic rings. The number of aromatic nitrogens is 2. The van der Waals surface area contributed by atoms with Crippen molar-refractivity contribution < 1.29 is 5.11 Å². The summed E-state index contributed by atoms with van der Waals surface area (Å²) in [5.41, 5.74) is 2.12. The van der Waals surface area contributed by atoms with Crippen LogP contribution in [0.2, 0.25) is 0 Å². The van der Waals surface area contributed by atoms with E-state index in [-0.39, 0.29) is 6.61 Å². The van der Waals surface area contributed by atoms with Crippen molar-refractivity contribution in [2.75, 3.05) is 13.2 Å². The van der Waals surface area contributed by atoms with Gasteiger partial charge in [-0.05, 0) is 25.1 Å². The summed E-state index contributed by atoms with van der Waals surface area (Å²) < 4.78 is 1.05. The lowest BCUT2D eigenvalue weighted by Crippen LogP contribution is -2.16. The molecular formula is C13H16BrN3O. The van der Waals surface area contributed by atoms with Gasteiger partial charge in [0.25, 0.3) is 0 Å². The molecule has 3 N–H and O–H groups in total. The Morgan fingerprint density at radius 3 is 3.06 bits per heavy atom. The summed E-state index contributed by atoms with van der Waals surface area (Å²) in [7, 11) is 0. The fourth-order valence-electron chi connectivity index (χ4n) is 1.67. The van der Waals surface area contributed by atoms with Gasteiger partial charge in [0.1, 0.15) is 5.82 Å². The molecule has 2 rings (SSSR count). The molecule has 18 heavy (non-hydrogen) atoms. The van der Waals surface area contributed by atoms with Crippen molar-refractivity contribution in [2.24, 2.45) is 0 Å². The van der Waals surface area contributed by atoms with Gasteiger partial charge in [0, 0.05) is 16.6 Å². The van der Waals surface area contributed by atoms with Crippen LogP contribution in [0.3, 0.4) is 0 Å². The molecule has 0 aliphatic carbocycles. The van der Waals surface area contributed by atoms with Crippen LogP contribution in [0.5, 0.6) is 0 Å². The van der Waals surface area contributed by atoms with Gasteiger partial charge in [-0.2, -0.15) is 0 Å². The molecule has 1 heterocycles. The number of hydrogen-bond donors (Lipinski definition) is 3. The fourth-order valence-corrected chi connectivity index (χ4v) is 2.07. The fraction of sp³-hybridized carbons (Fsp3) is 0.308. The van der Waals surface area contributed by atoms with Gasteiger partial charge in [0.05, 0.1) is 18.4 Å². The SMILES string of the molecule is OCCCNCc1ncc(-c2cccc(Br)c2)[nH]1. The van der Waals surface area contributed by atoms with Crippen LogP contribution in [0, 0.1) is 0 Å². The zero-order valence-electron chi connectivity index (χ0n) is 9.99. The van der Waals surface area contributed by atoms with Crippen molar-refractivity contribution in [1.29, 1.82) is 0 Å². The lowest BCUT2D eigenvalue weighted by Gasteiger charge is -2.00. The number of aliphatic hydroxyl groups is 1. The summed E-state index contributed by atoms with van der Waals surface area (Å²) >= 11 is 3.46. The van der Waals surface area contributed by atoms with Crippen molar-refractivity contribution in [3.8, 4) is 11.3 Å². The Balaban J connectivity index is 1.97. The number of benzene rings is 1. The average molecular weight is 310 g/mol. The van der Waals surface area contributed by atoms with Crippen molar-refractivity contribution in [1.82, 2.24) is 15.3 Å². The van der Waals surface area contributed by atoms with Crippen LogP contribution in [0.15, 0.2) is 34.9 Å². The van der Waals surface area contributed by atoms with Crippen LogP contribution in [-0.4, -0.2) is 28.2 Å². The Morgan fingerprint density at radius 2 is 2.28 bits per heavy atom. The maximum Gasteiger partial charge on any atom is 0.120 e. The van der Waals surface area contributed by atoms with E-state index in [4.69, 9.17) is 5.11 Å². The zero-order chi connectivity index (χ0) is 12.8. The van der Waals surface area contributed by atoms with Crippen LogP contribution < -0.4 is 5.32 Å². The number of nitrogens with one attached hydrogen (secondary N) is 2. The van der Waals surface area contributed by atoms with E-state index in [1.54, 1.807) is 0 Å². The van der Waals surface area contributed by atoms with Crippen molar-refractivity contribution >= 4 is 15.9 Å². The van der Waals surface area contributed by atoms with E-state index >= 15 is 0 Å². The van der Waals surface area contributed by atoms with Crippen molar-refractivity contribution in [3.63, 3.8) is 0 Å². The molecule has 0 radical (unpaired) electrons. The predicted octanol–water partition coefficient (Wildman–Crippen LogP) is 2.31. The Labute approximate surface area is 115 Å². The first kappa shape index (κ1) is 13.3. The van der Waals surface area contributed by atoms with E-state index in [0.717, 1.165) is 34.5 Å². The molecular weight excluding hydrogens is 294 g/mol. The molecule has 0 fully saturated rings. The lowest BCUT2D eigenvalue weighted by atomic mass is 10.2. The van der Waals surface area contributed by atoms with Gasteiger partial charge in [-0.3, -0.25) is 0 Å². The normalized spacial score (nSPS) is 10.8. The van der Waals surface area contributed by atoms with Gasteiger partial charge in [-0.1, -0.05) is 28.1 Å². The Bertz CT molecular complexity index is 498. The predicted molar refractivity (Wildman–Crippen MR) is 75.1 cm³/mol. The maximum atomic E-state index is 8.67. The monoisotopic (exact) mass is 309 g/mol. The first-order valence-electron chi connectivity index (χ1n) is 5.91. The summed E-state index contributed by atoms with van der Waals surface area (Å²) in [6.45, 7) is 1.70. The first-order valence-corrected chi connectivity index (χ1v) is 6.70. The van der Waals surface area contributed by atoms with Gasteiger partial charge in [-0.15, -0.1) is 0 Å². The van der Waals surface area contributed by atoms with Crippen LogP contribution in [0.1, 0.15) is 12.2 Å². The molecule has 0 bridgehead atoms. The van der Waals surface area contributed by atoms with Gasteiger partial charge < -0.3 is 15.4 Å². The second-order valence-electron chi connectivity index (χ2n) is 4.01. The highest BCUT2D eigenvalue weighted by Crippen LogP contribution is 2.21. The van der Waals surface area contributed by atoms with Crippen LogP contribution in [0.25, 0.3) is 11.3 Å². The van der Waals surface area contributed by atoms with E-state index in [0.29, 0.717) is 6.54 Å². The summed E-state index contributed by atoms with van der Waals surface area (Å²) in [6, 6.07) is 8.09. The van der Waals surface area contributed by atoms with Crippen molar-refractivity contribution in [2.45, 2.75) is 13.0 Å². The topological polar surface area (TPSA) is 60.9 Å². The van der Waals surface area contributed by atoms with Crippen LogP contribution in [-0.2, 0) is 6.54 Å². The van der Waals surface area contributed by atoms with E-state index in [1.807, 2.05) is 24.4 Å². The molecule has 0 spiro atoms.